The highest BCUT2D eigenvalue weighted by Crippen LogP contribution is 2.26. The molecule has 70 heavy (non-hydrogen) atoms. The van der Waals surface area contributed by atoms with Gasteiger partial charge in [-0.1, -0.05) is 140 Å². The summed E-state index contributed by atoms with van der Waals surface area (Å²) in [6.07, 6.45) is 11.5. The lowest BCUT2D eigenvalue weighted by Gasteiger charge is -2.35. The first kappa shape index (κ1) is 53.2. The molecule has 2 atom stereocenters. The minimum Gasteiger partial charge on any atom is -0.445 e. The van der Waals surface area contributed by atoms with Crippen molar-refractivity contribution >= 4 is 67.0 Å². The molecule has 5 aromatic carbocycles. The van der Waals surface area contributed by atoms with Gasteiger partial charge in [0, 0.05) is 103 Å². The Balaban J connectivity index is 0.000000184. The Bertz CT molecular complexity index is 2640. The van der Waals surface area contributed by atoms with Crippen LogP contribution in [-0.4, -0.2) is 88.8 Å². The Morgan fingerprint density at radius 1 is 0.614 bits per heavy atom. The molecule has 0 radical (unpaired) electrons. The van der Waals surface area contributed by atoms with E-state index in [0.29, 0.717) is 38.4 Å². The van der Waals surface area contributed by atoms with E-state index in [0.717, 1.165) is 74.1 Å². The summed E-state index contributed by atoms with van der Waals surface area (Å²) in [4.78, 5) is 52.4. The lowest BCUT2D eigenvalue weighted by atomic mass is 9.96. The van der Waals surface area contributed by atoms with E-state index in [1.165, 1.54) is 45.8 Å². The van der Waals surface area contributed by atoms with Gasteiger partial charge in [-0.2, -0.15) is 0 Å². The van der Waals surface area contributed by atoms with Gasteiger partial charge >= 0.3 is 6.09 Å². The molecule has 11 heteroatoms. The van der Waals surface area contributed by atoms with Crippen LogP contribution in [0.1, 0.15) is 76.5 Å². The van der Waals surface area contributed by atoms with Crippen molar-refractivity contribution in [3.63, 3.8) is 0 Å². The van der Waals surface area contributed by atoms with Gasteiger partial charge in [0.05, 0.1) is 0 Å². The summed E-state index contributed by atoms with van der Waals surface area (Å²) in [6, 6.07) is 46.5. The van der Waals surface area contributed by atoms with Crippen LogP contribution in [0, 0.1) is 11.8 Å². The molecule has 0 bridgehead atoms. The van der Waals surface area contributed by atoms with Gasteiger partial charge < -0.3 is 34.3 Å². The molecule has 0 unspecified atom stereocenters. The van der Waals surface area contributed by atoms with Gasteiger partial charge in [-0.3, -0.25) is 9.59 Å². The molecule has 9 rings (SSSR count). The van der Waals surface area contributed by atoms with Crippen LogP contribution < -0.4 is 9.80 Å². The highest BCUT2D eigenvalue weighted by Gasteiger charge is 2.28. The third kappa shape index (κ3) is 15.2. The number of ether oxygens (including phenoxy) is 1. The van der Waals surface area contributed by atoms with E-state index in [4.69, 9.17) is 4.74 Å². The van der Waals surface area contributed by atoms with Crippen molar-refractivity contribution in [3.8, 4) is 0 Å². The Kier molecular flexibility index (Phi) is 21.2. The maximum absolute atomic E-state index is 12.6. The molecule has 0 saturated carbocycles. The molecule has 2 aliphatic heterocycles. The van der Waals surface area contributed by atoms with Gasteiger partial charge in [0.15, 0.2) is 0 Å². The molecule has 370 valence electrons. The lowest BCUT2D eigenvalue weighted by molar-refractivity contribution is -0.119. The first-order valence-electron chi connectivity index (χ1n) is 24.9. The third-order valence-corrected chi connectivity index (χ3v) is 13.6. The molecule has 10 nitrogen and oxygen atoms in total. The molecule has 2 N–H and O–H groups in total. The number of benzene rings is 5. The fourth-order valence-corrected chi connectivity index (χ4v) is 9.99. The average Bonchev–Trinajstić information content (AvgIpc) is 4.03. The van der Waals surface area contributed by atoms with Gasteiger partial charge in [0.1, 0.15) is 6.61 Å². The Labute approximate surface area is 424 Å². The Hall–Kier alpha value is -6.17. The van der Waals surface area contributed by atoms with E-state index >= 15 is 0 Å². The number of aromatic nitrogens is 2. The smallest absolute Gasteiger partial charge is 0.410 e. The SMILES string of the molecule is BrCCc1c[nH]c2ccccc12.C.CCC(=O)N(C[C@@H]1CCCN(C(=O)OCc2ccccc2)C1)c1ccccc1.CCC(=O)N(C[C@@H]1CCCN(CCc2c[nH]c3ccccc23)C1)c1ccccc1. The Morgan fingerprint density at radius 3 is 1.61 bits per heavy atom. The lowest BCUT2D eigenvalue weighted by Crippen LogP contribution is -2.45. The van der Waals surface area contributed by atoms with Crippen molar-refractivity contribution in [1.29, 1.82) is 0 Å². The minimum atomic E-state index is -0.276. The number of likely N-dealkylation sites (tertiary alicyclic amines) is 2. The number of aromatic amines is 2. The number of carbonyl (C=O) groups excluding carboxylic acids is 3. The summed E-state index contributed by atoms with van der Waals surface area (Å²) in [6.45, 7) is 10.2. The molecular formula is C59H73BrN6O4. The summed E-state index contributed by atoms with van der Waals surface area (Å²) >= 11 is 3.44. The Morgan fingerprint density at radius 2 is 1.09 bits per heavy atom. The van der Waals surface area contributed by atoms with Crippen LogP contribution in [0.3, 0.4) is 0 Å². The number of piperidine rings is 2. The monoisotopic (exact) mass is 1010 g/mol. The van der Waals surface area contributed by atoms with Crippen molar-refractivity contribution < 1.29 is 19.1 Å². The molecule has 2 saturated heterocycles. The topological polar surface area (TPSA) is 105 Å². The number of hydrogen-bond donors (Lipinski definition) is 2. The number of halogens is 1. The molecule has 4 heterocycles. The number of fused-ring (bicyclic) bond motifs is 2. The van der Waals surface area contributed by atoms with E-state index in [2.05, 4.69) is 91.7 Å². The number of amides is 3. The second-order valence-electron chi connectivity index (χ2n) is 18.1. The maximum atomic E-state index is 12.6. The highest BCUT2D eigenvalue weighted by atomic mass is 79.9. The number of alkyl halides is 1. The van der Waals surface area contributed by atoms with Crippen LogP contribution in [0.4, 0.5) is 16.2 Å². The zero-order chi connectivity index (χ0) is 48.2. The van der Waals surface area contributed by atoms with Gasteiger partial charge in [-0.05, 0) is 110 Å². The zero-order valence-corrected chi connectivity index (χ0v) is 42.0. The van der Waals surface area contributed by atoms with E-state index in [1.807, 2.05) is 115 Å². The third-order valence-electron chi connectivity index (χ3n) is 13.2. The second-order valence-corrected chi connectivity index (χ2v) is 18.9. The van der Waals surface area contributed by atoms with Crippen molar-refractivity contribution in [2.45, 2.75) is 79.2 Å². The molecule has 2 aromatic heterocycles. The number of para-hydroxylation sites is 4. The maximum Gasteiger partial charge on any atom is 0.410 e. The van der Waals surface area contributed by atoms with Crippen LogP contribution in [0.5, 0.6) is 0 Å². The molecule has 3 amide bonds. The normalized spacial score (nSPS) is 15.7. The standard InChI is InChI=1S/C25H31N3O.C23H28N2O3.C10H10BrN.CH4/c1-2-25(29)28(22-10-4-3-5-11-22)19-20-9-8-15-27(18-20)16-14-21-17-26-24-13-7-6-12-23(21)24;1-2-22(26)25(21-13-7-4-8-14-21)17-20-12-9-15-24(16-20)23(27)28-18-19-10-5-3-6-11-19;11-6-5-8-7-12-10-4-2-1-3-9(8)10;/h3-7,10-13,17,20,26H,2,8-9,14-16,18-19H2,1H3;3-8,10-11,13-14,20H,2,9,12,15-18H2,1H3;1-4,7,12H,5-6H2;1H4/t2*20-;;/m11../s1. The summed E-state index contributed by atoms with van der Waals surface area (Å²) in [5.41, 5.74) is 8.16. The second kappa shape index (κ2) is 27.9. The molecule has 0 spiro atoms. The largest absolute Gasteiger partial charge is 0.445 e. The summed E-state index contributed by atoms with van der Waals surface area (Å²) in [7, 11) is 0. The van der Waals surface area contributed by atoms with Gasteiger partial charge in [-0.25, -0.2) is 4.79 Å². The highest BCUT2D eigenvalue weighted by molar-refractivity contribution is 9.09. The number of nitrogens with one attached hydrogen (secondary N) is 2. The predicted octanol–water partition coefficient (Wildman–Crippen LogP) is 13.1. The predicted molar refractivity (Wildman–Crippen MR) is 293 cm³/mol. The van der Waals surface area contributed by atoms with Crippen LogP contribution >= 0.6 is 15.9 Å². The molecule has 2 aliphatic rings. The van der Waals surface area contributed by atoms with Crippen LogP contribution in [0.2, 0.25) is 0 Å². The summed E-state index contributed by atoms with van der Waals surface area (Å²) in [5, 5.41) is 3.70. The van der Waals surface area contributed by atoms with Crippen molar-refractivity contribution in [1.82, 2.24) is 19.8 Å². The number of hydrogen-bond acceptors (Lipinski definition) is 5. The van der Waals surface area contributed by atoms with E-state index < -0.39 is 0 Å². The number of H-pyrrole nitrogens is 2. The zero-order valence-electron chi connectivity index (χ0n) is 40.4. The fraction of sp³-hybridized carbons (Fsp3) is 0.373. The number of carbonyl (C=O) groups is 3. The molecule has 0 aliphatic carbocycles. The molecule has 7 aromatic rings. The number of nitrogens with zero attached hydrogens (tertiary/aromatic N) is 4. The van der Waals surface area contributed by atoms with Crippen LogP contribution in [-0.2, 0) is 33.8 Å². The van der Waals surface area contributed by atoms with Crippen LogP contribution in [0.15, 0.2) is 152 Å². The van der Waals surface area contributed by atoms with Crippen LogP contribution in [0.25, 0.3) is 21.8 Å². The number of rotatable bonds is 15. The molecule has 2 fully saturated rings. The fourth-order valence-electron chi connectivity index (χ4n) is 9.57. The van der Waals surface area contributed by atoms with Gasteiger partial charge in [0.25, 0.3) is 0 Å². The van der Waals surface area contributed by atoms with Gasteiger partial charge in [-0.15, -0.1) is 0 Å². The first-order chi connectivity index (χ1) is 33.8. The van der Waals surface area contributed by atoms with E-state index in [-0.39, 0.29) is 37.9 Å². The van der Waals surface area contributed by atoms with Crippen molar-refractivity contribution in [2.24, 2.45) is 11.8 Å². The van der Waals surface area contributed by atoms with Gasteiger partial charge in [0.2, 0.25) is 11.8 Å². The number of anilines is 2. The quantitative estimate of drug-likeness (QED) is 0.0996. The van der Waals surface area contributed by atoms with Crippen molar-refractivity contribution in [3.05, 3.63) is 169 Å². The van der Waals surface area contributed by atoms with Crippen molar-refractivity contribution in [2.75, 3.05) is 60.9 Å². The first-order valence-corrected chi connectivity index (χ1v) is 26.0. The molecular weight excluding hydrogens is 937 g/mol. The minimum absolute atomic E-state index is 0. The number of aryl methyl sites for hydroxylation is 1. The van der Waals surface area contributed by atoms with E-state index in [9.17, 15) is 14.4 Å². The summed E-state index contributed by atoms with van der Waals surface area (Å²) in [5.74, 6) is 1.10. The van der Waals surface area contributed by atoms with E-state index in [1.54, 1.807) is 4.90 Å². The average molecular weight is 1010 g/mol. The summed E-state index contributed by atoms with van der Waals surface area (Å²) < 4.78 is 5.48.